The predicted molar refractivity (Wildman–Crippen MR) is 68.8 cm³/mol. The Labute approximate surface area is 106 Å². The number of rotatable bonds is 5. The molecule has 0 atom stereocenters. The van der Waals surface area contributed by atoms with Crippen molar-refractivity contribution in [2.75, 3.05) is 5.32 Å². The van der Waals surface area contributed by atoms with Crippen LogP contribution in [0.3, 0.4) is 0 Å². The normalized spacial score (nSPS) is 19.0. The second-order valence-corrected chi connectivity index (χ2v) is 5.53. The third kappa shape index (κ3) is 2.47. The van der Waals surface area contributed by atoms with Gasteiger partial charge >= 0.3 is 5.97 Å². The minimum Gasteiger partial charge on any atom is -0.478 e. The van der Waals surface area contributed by atoms with E-state index in [4.69, 9.17) is 5.11 Å². The van der Waals surface area contributed by atoms with Crippen molar-refractivity contribution in [3.63, 3.8) is 0 Å². The smallest absolute Gasteiger partial charge is 0.335 e. The van der Waals surface area contributed by atoms with Gasteiger partial charge in [0.15, 0.2) is 0 Å². The van der Waals surface area contributed by atoms with E-state index >= 15 is 0 Å². The molecule has 2 N–H and O–H groups in total. The molecule has 0 unspecified atom stereocenters. The van der Waals surface area contributed by atoms with E-state index in [0.717, 1.165) is 23.3 Å². The van der Waals surface area contributed by atoms with Crippen LogP contribution in [0.2, 0.25) is 0 Å². The minimum atomic E-state index is -0.891. The van der Waals surface area contributed by atoms with Gasteiger partial charge in [-0.3, -0.25) is 0 Å². The van der Waals surface area contributed by atoms with E-state index < -0.39 is 5.97 Å². The fourth-order valence-corrected chi connectivity index (χ4v) is 2.57. The van der Waals surface area contributed by atoms with Gasteiger partial charge in [-0.2, -0.15) is 0 Å². The molecule has 0 aliphatic heterocycles. The number of aromatic nitrogens is 1. The Morgan fingerprint density at radius 2 is 1.94 bits per heavy atom. The molecule has 2 aliphatic rings. The van der Waals surface area contributed by atoms with Gasteiger partial charge in [-0.1, -0.05) is 0 Å². The van der Waals surface area contributed by atoms with Crippen molar-refractivity contribution >= 4 is 11.8 Å². The first kappa shape index (κ1) is 11.5. The summed E-state index contributed by atoms with van der Waals surface area (Å²) in [5, 5.41) is 12.5. The number of hydrogen-bond donors (Lipinski definition) is 2. The molecule has 1 aromatic rings. The summed E-state index contributed by atoms with van der Waals surface area (Å²) in [6, 6.07) is 3.75. The zero-order valence-corrected chi connectivity index (χ0v) is 10.5. The molecule has 2 aliphatic carbocycles. The number of carboxylic acids is 1. The summed E-state index contributed by atoms with van der Waals surface area (Å²) in [5.41, 5.74) is 1.07. The number of carboxylic acid groups (broad SMARTS) is 1. The van der Waals surface area contributed by atoms with Crippen molar-refractivity contribution in [1.29, 1.82) is 0 Å². The highest BCUT2D eigenvalue weighted by molar-refractivity contribution is 5.88. The number of pyridine rings is 1. The van der Waals surface area contributed by atoms with E-state index in [2.05, 4.69) is 10.3 Å². The number of nitrogens with zero attached hydrogens (tertiary/aromatic N) is 1. The molecule has 1 heterocycles. The molecule has 0 bridgehead atoms. The van der Waals surface area contributed by atoms with Crippen molar-refractivity contribution < 1.29 is 9.90 Å². The second-order valence-electron chi connectivity index (χ2n) is 5.53. The third-order valence-electron chi connectivity index (χ3n) is 3.77. The Morgan fingerprint density at radius 1 is 1.33 bits per heavy atom. The molecule has 1 aromatic heterocycles. The Bertz CT molecular complexity index is 467. The molecule has 4 heteroatoms. The van der Waals surface area contributed by atoms with Crippen LogP contribution in [0.5, 0.6) is 0 Å². The molecule has 96 valence electrons. The van der Waals surface area contributed by atoms with Crippen molar-refractivity contribution in [3.05, 3.63) is 23.4 Å². The van der Waals surface area contributed by atoms with Crippen LogP contribution in [0.15, 0.2) is 12.1 Å². The van der Waals surface area contributed by atoms with E-state index in [1.807, 2.05) is 6.92 Å². The first-order valence-electron chi connectivity index (χ1n) is 6.62. The van der Waals surface area contributed by atoms with Crippen LogP contribution in [-0.2, 0) is 0 Å². The van der Waals surface area contributed by atoms with E-state index in [1.165, 1.54) is 25.7 Å². The Balaban J connectivity index is 1.80. The van der Waals surface area contributed by atoms with Gasteiger partial charge in [0.2, 0.25) is 0 Å². The van der Waals surface area contributed by atoms with Crippen molar-refractivity contribution in [3.8, 4) is 0 Å². The lowest BCUT2D eigenvalue weighted by Gasteiger charge is -2.18. The summed E-state index contributed by atoms with van der Waals surface area (Å²) in [6.07, 6.45) is 5.19. The summed E-state index contributed by atoms with van der Waals surface area (Å²) >= 11 is 0. The Hall–Kier alpha value is -1.58. The van der Waals surface area contributed by atoms with Gasteiger partial charge in [0.1, 0.15) is 5.82 Å². The third-order valence-corrected chi connectivity index (χ3v) is 3.77. The molecule has 0 radical (unpaired) electrons. The number of aryl methyl sites for hydroxylation is 1. The molecule has 0 amide bonds. The van der Waals surface area contributed by atoms with Crippen molar-refractivity contribution in [2.45, 2.75) is 38.6 Å². The topological polar surface area (TPSA) is 62.2 Å². The highest BCUT2D eigenvalue weighted by Gasteiger charge is 2.41. The molecule has 0 aromatic carbocycles. The van der Waals surface area contributed by atoms with Gasteiger partial charge in [0.25, 0.3) is 0 Å². The number of aromatic carboxylic acids is 1. The molecule has 4 nitrogen and oxygen atoms in total. The molecule has 3 rings (SSSR count). The number of carbonyl (C=O) groups is 1. The van der Waals surface area contributed by atoms with Gasteiger partial charge in [-0.05, 0) is 56.6 Å². The first-order valence-corrected chi connectivity index (χ1v) is 6.62. The van der Waals surface area contributed by atoms with E-state index in [9.17, 15) is 4.79 Å². The molecule has 2 saturated carbocycles. The maximum atomic E-state index is 11.0. The summed E-state index contributed by atoms with van der Waals surface area (Å²) in [4.78, 5) is 15.4. The van der Waals surface area contributed by atoms with Crippen LogP contribution in [0.25, 0.3) is 0 Å². The fourth-order valence-electron chi connectivity index (χ4n) is 2.57. The lowest BCUT2D eigenvalue weighted by Crippen LogP contribution is -2.25. The quantitative estimate of drug-likeness (QED) is 0.838. The summed E-state index contributed by atoms with van der Waals surface area (Å²) in [7, 11) is 0. The lowest BCUT2D eigenvalue weighted by molar-refractivity contribution is 0.0696. The highest BCUT2D eigenvalue weighted by atomic mass is 16.4. The molecular formula is C14H18N2O2. The zero-order chi connectivity index (χ0) is 12.7. The largest absolute Gasteiger partial charge is 0.478 e. The Morgan fingerprint density at radius 3 is 2.44 bits per heavy atom. The first-order chi connectivity index (χ1) is 8.63. The molecule has 0 spiro atoms. The molecular weight excluding hydrogens is 228 g/mol. The summed E-state index contributed by atoms with van der Waals surface area (Å²) in [6.45, 7) is 1.83. The number of hydrogen-bond acceptors (Lipinski definition) is 3. The van der Waals surface area contributed by atoms with Crippen LogP contribution >= 0.6 is 0 Å². The van der Waals surface area contributed by atoms with Gasteiger partial charge in [0, 0.05) is 11.7 Å². The van der Waals surface area contributed by atoms with Crippen LogP contribution in [0.4, 0.5) is 5.82 Å². The standard InChI is InChI=1S/C14H18N2O2/c1-8-6-11(14(17)18)7-12(15-8)16-13(9-2-3-9)10-4-5-10/h6-7,9-10,13H,2-5H2,1H3,(H,15,16)(H,17,18). The number of anilines is 1. The van der Waals surface area contributed by atoms with Gasteiger partial charge in [0.05, 0.1) is 5.56 Å². The summed E-state index contributed by atoms with van der Waals surface area (Å²) in [5.74, 6) is 1.37. The highest BCUT2D eigenvalue weighted by Crippen LogP contribution is 2.45. The van der Waals surface area contributed by atoms with Crippen LogP contribution in [-0.4, -0.2) is 22.1 Å². The van der Waals surface area contributed by atoms with E-state index in [-0.39, 0.29) is 0 Å². The van der Waals surface area contributed by atoms with Crippen LogP contribution in [0.1, 0.15) is 41.7 Å². The van der Waals surface area contributed by atoms with Gasteiger partial charge in [-0.15, -0.1) is 0 Å². The maximum Gasteiger partial charge on any atom is 0.335 e. The van der Waals surface area contributed by atoms with Gasteiger partial charge in [-0.25, -0.2) is 9.78 Å². The molecule has 18 heavy (non-hydrogen) atoms. The average molecular weight is 246 g/mol. The maximum absolute atomic E-state index is 11.0. The molecule has 0 saturated heterocycles. The van der Waals surface area contributed by atoms with Crippen molar-refractivity contribution in [2.24, 2.45) is 11.8 Å². The minimum absolute atomic E-state index is 0.315. The Kier molecular flexibility index (Phi) is 2.73. The summed E-state index contributed by atoms with van der Waals surface area (Å²) < 4.78 is 0. The zero-order valence-electron chi connectivity index (χ0n) is 10.5. The monoisotopic (exact) mass is 246 g/mol. The lowest BCUT2D eigenvalue weighted by atomic mass is 10.1. The van der Waals surface area contributed by atoms with E-state index in [1.54, 1.807) is 12.1 Å². The SMILES string of the molecule is Cc1cc(C(=O)O)cc(NC(C2CC2)C2CC2)n1. The predicted octanol–water partition coefficient (Wildman–Crippen LogP) is 2.69. The van der Waals surface area contributed by atoms with E-state index in [0.29, 0.717) is 11.6 Å². The van der Waals surface area contributed by atoms with Crippen LogP contribution in [0, 0.1) is 18.8 Å². The molecule has 2 fully saturated rings. The second kappa shape index (κ2) is 4.26. The number of nitrogens with one attached hydrogen (secondary N) is 1. The van der Waals surface area contributed by atoms with Crippen LogP contribution < -0.4 is 5.32 Å². The van der Waals surface area contributed by atoms with Crippen molar-refractivity contribution in [1.82, 2.24) is 4.98 Å². The average Bonchev–Trinajstić information content (AvgIpc) is 3.16. The fraction of sp³-hybridized carbons (Fsp3) is 0.571. The van der Waals surface area contributed by atoms with Gasteiger partial charge < -0.3 is 10.4 Å².